The number of aliphatic hydroxyl groups is 1. The smallest absolute Gasteiger partial charge is 0.305 e. The van der Waals surface area contributed by atoms with Crippen LogP contribution in [0.3, 0.4) is 0 Å². The second kappa shape index (κ2) is 40.9. The molecule has 0 aromatic heterocycles. The minimum Gasteiger partial charge on any atom is -1.00 e. The Bertz CT molecular complexity index is 655. The molecular weight excluding hydrogens is 646 g/mol. The van der Waals surface area contributed by atoms with Gasteiger partial charge in [-0.1, -0.05) is 194 Å². The van der Waals surface area contributed by atoms with Gasteiger partial charge in [-0.3, -0.25) is 9.59 Å². The monoisotopic (exact) mass is 732 g/mol. The highest BCUT2D eigenvalue weighted by molar-refractivity contribution is 5.69. The van der Waals surface area contributed by atoms with E-state index in [0.29, 0.717) is 50.2 Å². The van der Waals surface area contributed by atoms with E-state index in [1.165, 1.54) is 167 Å². The molecule has 0 atom stereocenters. The number of likely N-dealkylation sites (N-methyl/N-ethyl adjacent to an activating group) is 1. The average molecular weight is 733 g/mol. The highest BCUT2D eigenvalue weighted by Gasteiger charge is 2.22. The van der Waals surface area contributed by atoms with Crippen LogP contribution in [0.1, 0.15) is 219 Å². The maximum atomic E-state index is 12.3. The quantitative estimate of drug-likeness (QED) is 0.0387. The van der Waals surface area contributed by atoms with Crippen LogP contribution in [0.2, 0.25) is 0 Å². The molecular formula is C43H86ClNO5. The zero-order valence-electron chi connectivity index (χ0n) is 33.8. The lowest BCUT2D eigenvalue weighted by Gasteiger charge is -2.33. The van der Waals surface area contributed by atoms with Crippen LogP contribution in [-0.4, -0.2) is 68.0 Å². The van der Waals surface area contributed by atoms with Gasteiger partial charge in [0.15, 0.2) is 0 Å². The van der Waals surface area contributed by atoms with Crippen molar-refractivity contribution in [3.8, 4) is 0 Å². The number of aliphatic hydroxyl groups excluding tert-OH is 1. The molecule has 300 valence electrons. The van der Waals surface area contributed by atoms with Crippen LogP contribution in [0, 0.1) is 0 Å². The zero-order valence-corrected chi connectivity index (χ0v) is 34.5. The summed E-state index contributed by atoms with van der Waals surface area (Å²) in [4.78, 5) is 24.5. The van der Waals surface area contributed by atoms with Crippen molar-refractivity contribution in [3.05, 3.63) is 0 Å². The molecule has 50 heavy (non-hydrogen) atoms. The van der Waals surface area contributed by atoms with Crippen LogP contribution in [0.4, 0.5) is 0 Å². The number of hydrogen-bond donors (Lipinski definition) is 1. The molecule has 7 heteroatoms. The van der Waals surface area contributed by atoms with Gasteiger partial charge < -0.3 is 31.5 Å². The van der Waals surface area contributed by atoms with Gasteiger partial charge in [0, 0.05) is 12.8 Å². The van der Waals surface area contributed by atoms with E-state index in [-0.39, 0.29) is 31.0 Å². The molecule has 0 spiro atoms. The third kappa shape index (κ3) is 38.4. The molecule has 0 saturated carbocycles. The number of rotatable bonds is 40. The second-order valence-corrected chi connectivity index (χ2v) is 15.4. The lowest BCUT2D eigenvalue weighted by Crippen LogP contribution is -3.00. The first-order chi connectivity index (χ1) is 24.0. The number of hydrogen-bond acceptors (Lipinski definition) is 5. The molecule has 0 aliphatic rings. The van der Waals surface area contributed by atoms with Crippen LogP contribution >= 0.6 is 0 Å². The van der Waals surface area contributed by atoms with E-state index >= 15 is 0 Å². The molecule has 0 amide bonds. The maximum absolute atomic E-state index is 12.3. The van der Waals surface area contributed by atoms with Crippen molar-refractivity contribution in [1.82, 2.24) is 0 Å². The average Bonchev–Trinajstić information content (AvgIpc) is 3.08. The van der Waals surface area contributed by atoms with Gasteiger partial charge in [0.05, 0.1) is 13.7 Å². The summed E-state index contributed by atoms with van der Waals surface area (Å²) in [6.07, 6.45) is 40.3. The third-order valence-electron chi connectivity index (χ3n) is 10.4. The van der Waals surface area contributed by atoms with Gasteiger partial charge in [0.1, 0.15) is 32.8 Å². The van der Waals surface area contributed by atoms with Gasteiger partial charge in [0.25, 0.3) is 0 Å². The van der Waals surface area contributed by atoms with E-state index in [4.69, 9.17) is 9.47 Å². The maximum Gasteiger partial charge on any atom is 0.305 e. The highest BCUT2D eigenvalue weighted by atomic mass is 35.5. The molecule has 0 bridgehead atoms. The molecule has 0 aliphatic heterocycles. The lowest BCUT2D eigenvalue weighted by atomic mass is 10.0. The molecule has 1 N–H and O–H groups in total. The Labute approximate surface area is 318 Å². The van der Waals surface area contributed by atoms with Crippen molar-refractivity contribution in [2.45, 2.75) is 219 Å². The summed E-state index contributed by atoms with van der Waals surface area (Å²) in [6.45, 7) is 7.05. The molecule has 0 heterocycles. The Balaban J connectivity index is 0. The minimum absolute atomic E-state index is 0. The molecule has 0 rings (SSSR count). The predicted molar refractivity (Wildman–Crippen MR) is 209 cm³/mol. The van der Waals surface area contributed by atoms with Crippen molar-refractivity contribution < 1.29 is 41.1 Å². The molecule has 0 aliphatic carbocycles. The summed E-state index contributed by atoms with van der Waals surface area (Å²) in [5.41, 5.74) is 0. The normalized spacial score (nSPS) is 11.4. The van der Waals surface area contributed by atoms with Crippen LogP contribution in [0.15, 0.2) is 0 Å². The second-order valence-electron chi connectivity index (χ2n) is 15.4. The Morgan fingerprint density at radius 2 is 0.660 bits per heavy atom. The molecule has 0 aromatic carbocycles. The molecule has 0 radical (unpaired) electrons. The van der Waals surface area contributed by atoms with Crippen LogP contribution in [0.5, 0.6) is 0 Å². The van der Waals surface area contributed by atoms with E-state index in [9.17, 15) is 14.7 Å². The van der Waals surface area contributed by atoms with Gasteiger partial charge in [-0.05, 0) is 12.8 Å². The van der Waals surface area contributed by atoms with Gasteiger partial charge in [-0.25, -0.2) is 0 Å². The molecule has 0 unspecified atom stereocenters. The van der Waals surface area contributed by atoms with Crippen LogP contribution < -0.4 is 12.4 Å². The molecule has 0 fully saturated rings. The first-order valence-corrected chi connectivity index (χ1v) is 21.7. The number of quaternary nitrogens is 1. The summed E-state index contributed by atoms with van der Waals surface area (Å²) < 4.78 is 11.6. The van der Waals surface area contributed by atoms with Gasteiger partial charge >= 0.3 is 11.9 Å². The summed E-state index contributed by atoms with van der Waals surface area (Å²) in [5.74, 6) is -0.250. The number of nitrogens with zero attached hydrogens (tertiary/aromatic N) is 1. The third-order valence-corrected chi connectivity index (χ3v) is 10.4. The molecule has 0 saturated heterocycles. The highest BCUT2D eigenvalue weighted by Crippen LogP contribution is 2.15. The van der Waals surface area contributed by atoms with E-state index < -0.39 is 0 Å². The summed E-state index contributed by atoms with van der Waals surface area (Å²) in [6, 6.07) is 0. The number of unbranched alkanes of at least 4 members (excludes halogenated alkanes) is 28. The number of carbonyl (C=O) groups excluding carboxylic acids is 2. The SMILES string of the molecule is CCCCCCCCCCCCCCCCCC(=O)OCC[N+](C)(CCO)CCOC(=O)CCCCCCCCCCCCCCCCC.[Cl-]. The van der Waals surface area contributed by atoms with Gasteiger partial charge in [-0.2, -0.15) is 0 Å². The van der Waals surface area contributed by atoms with Crippen molar-refractivity contribution in [2.24, 2.45) is 0 Å². The number of esters is 2. The summed E-state index contributed by atoms with van der Waals surface area (Å²) >= 11 is 0. The fraction of sp³-hybridized carbons (Fsp3) is 0.953. The van der Waals surface area contributed by atoms with E-state index in [2.05, 4.69) is 13.8 Å². The standard InChI is InChI=1S/C43H86NO5.ClH/c1-4-6-8-10-12-14-16-18-20-22-24-26-28-30-32-34-42(46)48-40-37-44(3,36-39-45)38-41-49-43(47)35-33-31-29-27-25-23-21-19-17-15-13-11-9-7-5-2;/h45H,4-41H2,1-3H3;1H/q+1;/p-1. The predicted octanol–water partition coefficient (Wildman–Crippen LogP) is 9.04. The Kier molecular flexibility index (Phi) is 41.9. The van der Waals surface area contributed by atoms with Crippen molar-refractivity contribution in [3.63, 3.8) is 0 Å². The van der Waals surface area contributed by atoms with Crippen molar-refractivity contribution in [2.75, 3.05) is 46.5 Å². The molecule has 6 nitrogen and oxygen atoms in total. The van der Waals surface area contributed by atoms with Gasteiger partial charge in [0.2, 0.25) is 0 Å². The minimum atomic E-state index is -0.125. The Morgan fingerprint density at radius 3 is 0.900 bits per heavy atom. The lowest BCUT2D eigenvalue weighted by molar-refractivity contribution is -0.910. The number of ether oxygens (including phenoxy) is 2. The van der Waals surface area contributed by atoms with E-state index in [1.54, 1.807) is 0 Å². The first-order valence-electron chi connectivity index (χ1n) is 21.7. The number of halogens is 1. The van der Waals surface area contributed by atoms with Gasteiger partial charge in [-0.15, -0.1) is 0 Å². The van der Waals surface area contributed by atoms with Crippen molar-refractivity contribution in [1.29, 1.82) is 0 Å². The van der Waals surface area contributed by atoms with Crippen LogP contribution in [0.25, 0.3) is 0 Å². The van der Waals surface area contributed by atoms with E-state index in [0.717, 1.165) is 25.7 Å². The summed E-state index contributed by atoms with van der Waals surface area (Å²) in [7, 11) is 2.03. The van der Waals surface area contributed by atoms with Crippen molar-refractivity contribution >= 4 is 11.9 Å². The topological polar surface area (TPSA) is 72.8 Å². The first kappa shape index (κ1) is 51.3. The van der Waals surface area contributed by atoms with Crippen LogP contribution in [-0.2, 0) is 19.1 Å². The largest absolute Gasteiger partial charge is 1.00 e. The van der Waals surface area contributed by atoms with E-state index in [1.807, 2.05) is 7.05 Å². The number of carbonyl (C=O) groups is 2. The molecule has 0 aromatic rings. The summed E-state index contributed by atoms with van der Waals surface area (Å²) in [5, 5.41) is 9.59. The fourth-order valence-corrected chi connectivity index (χ4v) is 6.76. The Morgan fingerprint density at radius 1 is 0.420 bits per heavy atom. The fourth-order valence-electron chi connectivity index (χ4n) is 6.76. The zero-order chi connectivity index (χ0) is 35.9. The Hall–Kier alpha value is -0.850.